The van der Waals surface area contributed by atoms with E-state index in [4.69, 9.17) is 14.6 Å². The zero-order valence-corrected chi connectivity index (χ0v) is 23.9. The van der Waals surface area contributed by atoms with Crippen molar-refractivity contribution < 1.29 is 14.6 Å². The fraction of sp³-hybridized carbons (Fsp3) is 0.500. The Hall–Kier alpha value is -3.70. The number of hydrogen-bond acceptors (Lipinski definition) is 8. The predicted octanol–water partition coefficient (Wildman–Crippen LogP) is 4.43. The summed E-state index contributed by atoms with van der Waals surface area (Å²) in [6, 6.07) is 2.24. The Kier molecular flexibility index (Phi) is 9.03. The monoisotopic (exact) mass is 536 g/mol. The minimum absolute atomic E-state index is 0.0222. The van der Waals surface area contributed by atoms with Crippen LogP contribution >= 0.6 is 0 Å². The number of aryl methyl sites for hydroxylation is 1. The molecule has 0 amide bonds. The van der Waals surface area contributed by atoms with Gasteiger partial charge in [0, 0.05) is 30.2 Å². The molecule has 11 heteroatoms. The van der Waals surface area contributed by atoms with E-state index in [0.717, 1.165) is 44.8 Å². The molecule has 4 aromatic rings. The van der Waals surface area contributed by atoms with Gasteiger partial charge in [-0.25, -0.2) is 0 Å². The van der Waals surface area contributed by atoms with Crippen LogP contribution in [0.25, 0.3) is 34.3 Å². The lowest BCUT2D eigenvalue weighted by Crippen LogP contribution is -2.39. The normalized spacial score (nSPS) is 16.6. The molecule has 0 aliphatic carbocycles. The second kappa shape index (κ2) is 12.4. The summed E-state index contributed by atoms with van der Waals surface area (Å²) in [5.41, 5.74) is 5.93. The number of aliphatic hydroxyl groups excluding tert-OH is 1. The molecule has 0 aromatic carbocycles. The van der Waals surface area contributed by atoms with Crippen LogP contribution in [0.2, 0.25) is 0 Å². The van der Waals surface area contributed by atoms with Crippen LogP contribution in [-0.4, -0.2) is 77.1 Å². The molecule has 0 saturated carbocycles. The maximum atomic E-state index is 9.75. The molecule has 0 saturated heterocycles. The van der Waals surface area contributed by atoms with Gasteiger partial charge in [-0.3, -0.25) is 24.8 Å². The molecule has 1 aliphatic rings. The molecule has 1 unspecified atom stereocenters. The molecule has 1 aliphatic heterocycles. The standard InChI is InChI=1S/C26H34N8O3.C2H6/c1-6-36-25-18-7-8-20-19-11-21(27-12-22(19)30-29-20)24-17(5)28-31-26(24)37-16(4)13-33(15(2)3)14-23(18)34(32-25)9-10-35;1-2/h7-8,11-12,15-16,35H,6,9-10,13-14H2,1-5H3,(H,28,31)(H,29,30);1-2H3/b8-7+;. The SMILES string of the molecule is CC.CCOc1nn(CCO)c2c1/C=C/c1n[nH]c3cnc(cc13)-c1c(n[nH]c1C)OC(C)CN(C(C)C)C2. The quantitative estimate of drug-likeness (QED) is 0.342. The maximum absolute atomic E-state index is 9.75. The van der Waals surface area contributed by atoms with E-state index < -0.39 is 0 Å². The lowest BCUT2D eigenvalue weighted by Gasteiger charge is -2.29. The molecule has 210 valence electrons. The van der Waals surface area contributed by atoms with Gasteiger partial charge in [-0.2, -0.15) is 5.10 Å². The minimum atomic E-state index is -0.151. The molecule has 4 aromatic heterocycles. The molecule has 1 atom stereocenters. The minimum Gasteiger partial charge on any atom is -0.476 e. The number of rotatable bonds is 5. The molecule has 11 nitrogen and oxygen atoms in total. The number of nitrogens with one attached hydrogen (secondary N) is 2. The molecule has 39 heavy (non-hydrogen) atoms. The maximum Gasteiger partial charge on any atom is 0.242 e. The summed E-state index contributed by atoms with van der Waals surface area (Å²) >= 11 is 0. The van der Waals surface area contributed by atoms with E-state index in [2.05, 4.69) is 44.1 Å². The molecule has 0 fully saturated rings. The van der Waals surface area contributed by atoms with Crippen molar-refractivity contribution in [3.63, 3.8) is 0 Å². The molecule has 2 bridgehead atoms. The van der Waals surface area contributed by atoms with Crippen molar-refractivity contribution >= 4 is 23.1 Å². The Morgan fingerprint density at radius 1 is 1.21 bits per heavy atom. The molecular weight excluding hydrogens is 496 g/mol. The van der Waals surface area contributed by atoms with Gasteiger partial charge < -0.3 is 14.6 Å². The number of fused-ring (bicyclic) bond motifs is 4. The lowest BCUT2D eigenvalue weighted by atomic mass is 10.1. The van der Waals surface area contributed by atoms with Crippen LogP contribution < -0.4 is 9.47 Å². The van der Waals surface area contributed by atoms with Crippen molar-refractivity contribution in [2.75, 3.05) is 19.8 Å². The smallest absolute Gasteiger partial charge is 0.242 e. The highest BCUT2D eigenvalue weighted by Gasteiger charge is 2.25. The van der Waals surface area contributed by atoms with Gasteiger partial charge in [0.05, 0.1) is 59.7 Å². The van der Waals surface area contributed by atoms with Gasteiger partial charge in [0.15, 0.2) is 0 Å². The van der Waals surface area contributed by atoms with Crippen molar-refractivity contribution in [3.8, 4) is 23.0 Å². The number of hydrogen-bond donors (Lipinski definition) is 3. The number of H-pyrrole nitrogens is 2. The van der Waals surface area contributed by atoms with Crippen molar-refractivity contribution in [3.05, 3.63) is 34.9 Å². The van der Waals surface area contributed by atoms with Gasteiger partial charge in [0.1, 0.15) is 6.10 Å². The third kappa shape index (κ3) is 5.84. The van der Waals surface area contributed by atoms with Crippen LogP contribution in [0.3, 0.4) is 0 Å². The molecule has 0 radical (unpaired) electrons. The third-order valence-corrected chi connectivity index (χ3v) is 6.60. The third-order valence-electron chi connectivity index (χ3n) is 6.60. The fourth-order valence-corrected chi connectivity index (χ4v) is 4.71. The highest BCUT2D eigenvalue weighted by atomic mass is 16.5. The first-order chi connectivity index (χ1) is 18.9. The number of aliphatic hydroxyl groups is 1. The topological polar surface area (TPSA) is 130 Å². The first-order valence-electron chi connectivity index (χ1n) is 13.7. The van der Waals surface area contributed by atoms with E-state index in [0.29, 0.717) is 38.0 Å². The van der Waals surface area contributed by atoms with Crippen LogP contribution in [0, 0.1) is 6.92 Å². The first-order valence-corrected chi connectivity index (χ1v) is 13.7. The van der Waals surface area contributed by atoms with Gasteiger partial charge in [-0.1, -0.05) is 13.8 Å². The Morgan fingerprint density at radius 2 is 2.00 bits per heavy atom. The molecule has 5 heterocycles. The van der Waals surface area contributed by atoms with Crippen LogP contribution in [0.15, 0.2) is 12.3 Å². The van der Waals surface area contributed by atoms with Gasteiger partial charge in [-0.05, 0) is 52.8 Å². The van der Waals surface area contributed by atoms with E-state index in [-0.39, 0.29) is 18.8 Å². The van der Waals surface area contributed by atoms with E-state index >= 15 is 0 Å². The van der Waals surface area contributed by atoms with E-state index in [9.17, 15) is 5.11 Å². The van der Waals surface area contributed by atoms with Gasteiger partial charge >= 0.3 is 0 Å². The number of ether oxygens (including phenoxy) is 2. The first kappa shape index (κ1) is 28.3. The molecule has 5 rings (SSSR count). The summed E-state index contributed by atoms with van der Waals surface area (Å²) in [7, 11) is 0. The number of pyridine rings is 1. The zero-order valence-electron chi connectivity index (χ0n) is 23.9. The Bertz CT molecular complexity index is 1420. The highest BCUT2D eigenvalue weighted by molar-refractivity contribution is 5.92. The van der Waals surface area contributed by atoms with Crippen molar-refractivity contribution in [2.24, 2.45) is 0 Å². The molecular formula is C28H40N8O3. The fourth-order valence-electron chi connectivity index (χ4n) is 4.71. The second-order valence-electron chi connectivity index (χ2n) is 9.58. The van der Waals surface area contributed by atoms with E-state index in [1.807, 2.05) is 57.5 Å². The summed E-state index contributed by atoms with van der Waals surface area (Å²) in [5.74, 6) is 1.07. The zero-order chi connectivity index (χ0) is 28.1. The van der Waals surface area contributed by atoms with E-state index in [1.54, 1.807) is 6.20 Å². The van der Waals surface area contributed by atoms with Crippen molar-refractivity contribution in [2.45, 2.75) is 73.7 Å². The molecule has 0 spiro atoms. The van der Waals surface area contributed by atoms with Crippen LogP contribution in [0.5, 0.6) is 11.8 Å². The highest BCUT2D eigenvalue weighted by Crippen LogP contribution is 2.34. The summed E-state index contributed by atoms with van der Waals surface area (Å²) in [6.07, 6.45) is 5.60. The summed E-state index contributed by atoms with van der Waals surface area (Å²) < 4.78 is 14.1. The van der Waals surface area contributed by atoms with Crippen LogP contribution in [-0.2, 0) is 13.1 Å². The largest absolute Gasteiger partial charge is 0.476 e. The summed E-state index contributed by atoms with van der Waals surface area (Å²) in [6.45, 7) is 16.4. The Balaban J connectivity index is 0.00000172. The summed E-state index contributed by atoms with van der Waals surface area (Å²) in [5, 5.41) is 30.5. The Morgan fingerprint density at radius 3 is 2.72 bits per heavy atom. The van der Waals surface area contributed by atoms with Gasteiger partial charge in [0.25, 0.3) is 0 Å². The van der Waals surface area contributed by atoms with Crippen LogP contribution in [0.4, 0.5) is 0 Å². The average Bonchev–Trinajstić information content (AvgIpc) is 3.58. The number of aromatic amines is 2. The van der Waals surface area contributed by atoms with Gasteiger partial charge in [0.2, 0.25) is 11.8 Å². The number of nitrogens with zero attached hydrogens (tertiary/aromatic N) is 6. The number of aromatic nitrogens is 7. The van der Waals surface area contributed by atoms with Crippen LogP contribution in [0.1, 0.15) is 64.2 Å². The summed E-state index contributed by atoms with van der Waals surface area (Å²) in [4.78, 5) is 6.99. The van der Waals surface area contributed by atoms with E-state index in [1.165, 1.54) is 0 Å². The van der Waals surface area contributed by atoms with Gasteiger partial charge in [-0.15, -0.1) is 10.2 Å². The average molecular weight is 537 g/mol. The van der Waals surface area contributed by atoms with Crippen molar-refractivity contribution in [1.29, 1.82) is 0 Å². The lowest BCUT2D eigenvalue weighted by molar-refractivity contribution is 0.112. The molecule has 3 N–H and O–H groups in total. The second-order valence-corrected chi connectivity index (χ2v) is 9.58. The Labute approximate surface area is 229 Å². The predicted molar refractivity (Wildman–Crippen MR) is 153 cm³/mol. The van der Waals surface area contributed by atoms with Crippen molar-refractivity contribution in [1.82, 2.24) is 40.1 Å².